The average molecular weight is 272 g/mol. The molecule has 1 aliphatic heterocycles. The Hall–Kier alpha value is 0.230. The summed E-state index contributed by atoms with van der Waals surface area (Å²) in [6.07, 6.45) is 10.1. The highest BCUT2D eigenvalue weighted by molar-refractivity contribution is 7.99. The lowest BCUT2D eigenvalue weighted by Gasteiger charge is -2.50. The van der Waals surface area contributed by atoms with Crippen LogP contribution in [-0.4, -0.2) is 54.8 Å². The van der Waals surface area contributed by atoms with E-state index < -0.39 is 0 Å². The van der Waals surface area contributed by atoms with Crippen LogP contribution in [0, 0.1) is 0 Å². The monoisotopic (exact) mass is 272 g/mol. The molecule has 0 spiro atoms. The van der Waals surface area contributed by atoms with Gasteiger partial charge in [0, 0.05) is 24.4 Å². The van der Waals surface area contributed by atoms with E-state index in [9.17, 15) is 0 Å². The third-order valence-corrected chi connectivity index (χ3v) is 6.07. The molecule has 2 N–H and O–H groups in total. The number of nitrogens with zero attached hydrogens (tertiary/aromatic N) is 1. The Balaban J connectivity index is 1.99. The molecular weight excluding hydrogens is 244 g/mol. The highest BCUT2D eigenvalue weighted by Gasteiger charge is 2.41. The quantitative estimate of drug-likeness (QED) is 0.850. The van der Waals surface area contributed by atoms with Crippen LogP contribution in [0.3, 0.4) is 0 Å². The molecule has 18 heavy (non-hydrogen) atoms. The molecule has 0 amide bonds. The van der Waals surface area contributed by atoms with Crippen LogP contribution >= 0.6 is 11.8 Å². The van der Waals surface area contributed by atoms with Gasteiger partial charge >= 0.3 is 0 Å². The number of hydrogen-bond donors (Lipinski definition) is 1. The van der Waals surface area contributed by atoms with E-state index in [1.165, 1.54) is 45.2 Å². The minimum absolute atomic E-state index is 0.225. The smallest absolute Gasteiger partial charge is 0.0589 e. The van der Waals surface area contributed by atoms with Crippen molar-refractivity contribution in [1.29, 1.82) is 0 Å². The summed E-state index contributed by atoms with van der Waals surface area (Å²) in [7, 11) is 1.84. The average Bonchev–Trinajstić information content (AvgIpc) is 2.47. The molecule has 0 aromatic carbocycles. The van der Waals surface area contributed by atoms with E-state index in [0.29, 0.717) is 6.10 Å². The van der Waals surface area contributed by atoms with Crippen molar-refractivity contribution in [2.24, 2.45) is 5.73 Å². The van der Waals surface area contributed by atoms with Gasteiger partial charge in [-0.3, -0.25) is 4.90 Å². The van der Waals surface area contributed by atoms with Crippen LogP contribution in [0.5, 0.6) is 0 Å². The highest BCUT2D eigenvalue weighted by Crippen LogP contribution is 2.37. The number of rotatable bonds is 4. The molecule has 3 nitrogen and oxygen atoms in total. The molecule has 4 heteroatoms. The zero-order valence-electron chi connectivity index (χ0n) is 11.9. The third kappa shape index (κ3) is 3.03. The SMILES string of the molecule is COC1CCCC(CN)(N2CCC(SC)CC2)C1. The fourth-order valence-electron chi connectivity index (χ4n) is 3.66. The summed E-state index contributed by atoms with van der Waals surface area (Å²) in [4.78, 5) is 2.67. The molecule has 0 aromatic heterocycles. The van der Waals surface area contributed by atoms with Gasteiger partial charge in [0.15, 0.2) is 0 Å². The molecule has 106 valence electrons. The number of thioether (sulfide) groups is 1. The predicted octanol–water partition coefficient (Wildman–Crippen LogP) is 2.10. The fourth-order valence-corrected chi connectivity index (χ4v) is 4.34. The molecule has 2 rings (SSSR count). The van der Waals surface area contributed by atoms with E-state index in [1.807, 2.05) is 18.9 Å². The van der Waals surface area contributed by atoms with E-state index in [2.05, 4.69) is 11.2 Å². The van der Waals surface area contributed by atoms with E-state index in [1.54, 1.807) is 0 Å². The topological polar surface area (TPSA) is 38.5 Å². The van der Waals surface area contributed by atoms with E-state index >= 15 is 0 Å². The Morgan fingerprint density at radius 3 is 2.61 bits per heavy atom. The second-order valence-electron chi connectivity index (χ2n) is 5.80. The lowest BCUT2D eigenvalue weighted by atomic mass is 9.78. The summed E-state index contributed by atoms with van der Waals surface area (Å²) in [5, 5.41) is 0.859. The summed E-state index contributed by atoms with van der Waals surface area (Å²) in [5.74, 6) is 0. The maximum absolute atomic E-state index is 6.15. The zero-order chi connectivity index (χ0) is 13.0. The molecule has 1 saturated carbocycles. The second-order valence-corrected chi connectivity index (χ2v) is 6.94. The van der Waals surface area contributed by atoms with Crippen LogP contribution in [-0.2, 0) is 4.74 Å². The van der Waals surface area contributed by atoms with Gasteiger partial charge in [0.1, 0.15) is 0 Å². The van der Waals surface area contributed by atoms with Crippen LogP contribution in [0.4, 0.5) is 0 Å². The number of ether oxygens (including phenoxy) is 1. The van der Waals surface area contributed by atoms with Crippen LogP contribution < -0.4 is 5.73 Å². The first-order valence-electron chi connectivity index (χ1n) is 7.25. The first-order chi connectivity index (χ1) is 8.74. The summed E-state index contributed by atoms with van der Waals surface area (Å²) in [6.45, 7) is 3.23. The molecule has 2 aliphatic rings. The van der Waals surface area contributed by atoms with Crippen molar-refractivity contribution in [3.05, 3.63) is 0 Å². The minimum Gasteiger partial charge on any atom is -0.381 e. The lowest BCUT2D eigenvalue weighted by Crippen LogP contribution is -2.59. The first kappa shape index (κ1) is 14.6. The van der Waals surface area contributed by atoms with Crippen molar-refractivity contribution >= 4 is 11.8 Å². The lowest BCUT2D eigenvalue weighted by molar-refractivity contribution is -0.0282. The second kappa shape index (κ2) is 6.60. The molecular formula is C14H28N2OS. The number of likely N-dealkylation sites (tertiary alicyclic amines) is 1. The van der Waals surface area contributed by atoms with Crippen molar-refractivity contribution in [3.8, 4) is 0 Å². The summed E-state index contributed by atoms with van der Waals surface area (Å²) in [6, 6.07) is 0. The van der Waals surface area contributed by atoms with Crippen LogP contribution in [0.25, 0.3) is 0 Å². The molecule has 0 bridgehead atoms. The van der Waals surface area contributed by atoms with Gasteiger partial charge in [-0.25, -0.2) is 0 Å². The molecule has 0 radical (unpaired) electrons. The Morgan fingerprint density at radius 2 is 2.06 bits per heavy atom. The van der Waals surface area contributed by atoms with Gasteiger partial charge in [-0.15, -0.1) is 0 Å². The number of piperidine rings is 1. The molecule has 1 saturated heterocycles. The van der Waals surface area contributed by atoms with E-state index in [0.717, 1.165) is 18.2 Å². The minimum atomic E-state index is 0.225. The van der Waals surface area contributed by atoms with Crippen molar-refractivity contribution in [2.75, 3.05) is 33.0 Å². The largest absolute Gasteiger partial charge is 0.381 e. The number of methoxy groups -OCH3 is 1. The molecule has 2 unspecified atom stereocenters. The van der Waals surface area contributed by atoms with Crippen LogP contribution in [0.1, 0.15) is 38.5 Å². The molecule has 0 aromatic rings. The van der Waals surface area contributed by atoms with Crippen LogP contribution in [0.15, 0.2) is 0 Å². The fraction of sp³-hybridized carbons (Fsp3) is 1.00. The van der Waals surface area contributed by atoms with Crippen molar-refractivity contribution in [1.82, 2.24) is 4.90 Å². The third-order valence-electron chi connectivity index (χ3n) is 4.94. The van der Waals surface area contributed by atoms with Gasteiger partial charge < -0.3 is 10.5 Å². The zero-order valence-corrected chi connectivity index (χ0v) is 12.7. The van der Waals surface area contributed by atoms with Gasteiger partial charge in [0.05, 0.1) is 6.10 Å². The number of hydrogen-bond acceptors (Lipinski definition) is 4. The summed E-state index contributed by atoms with van der Waals surface area (Å²) >= 11 is 2.02. The Morgan fingerprint density at radius 1 is 1.33 bits per heavy atom. The standard InChI is InChI=1S/C14H28N2OS/c1-17-12-4-3-7-14(10-12,11-15)16-8-5-13(18-2)6-9-16/h12-13H,3-11,15H2,1-2H3. The van der Waals surface area contributed by atoms with Gasteiger partial charge in [-0.1, -0.05) is 0 Å². The van der Waals surface area contributed by atoms with Crippen LogP contribution in [0.2, 0.25) is 0 Å². The maximum Gasteiger partial charge on any atom is 0.0589 e. The Bertz CT molecular complexity index is 256. The Kier molecular flexibility index (Phi) is 5.36. The first-order valence-corrected chi connectivity index (χ1v) is 8.53. The number of nitrogens with two attached hydrogens (primary N) is 1. The van der Waals surface area contributed by atoms with Crippen molar-refractivity contribution in [3.63, 3.8) is 0 Å². The van der Waals surface area contributed by atoms with E-state index in [4.69, 9.17) is 10.5 Å². The molecule has 2 fully saturated rings. The summed E-state index contributed by atoms with van der Waals surface area (Å²) < 4.78 is 5.60. The van der Waals surface area contributed by atoms with Gasteiger partial charge in [0.25, 0.3) is 0 Å². The van der Waals surface area contributed by atoms with E-state index in [-0.39, 0.29) is 5.54 Å². The summed E-state index contributed by atoms with van der Waals surface area (Å²) in [5.41, 5.74) is 6.38. The van der Waals surface area contributed by atoms with Gasteiger partial charge in [-0.2, -0.15) is 11.8 Å². The Labute approximate surface area is 116 Å². The van der Waals surface area contributed by atoms with Crippen molar-refractivity contribution < 1.29 is 4.74 Å². The van der Waals surface area contributed by atoms with Gasteiger partial charge in [-0.05, 0) is 57.9 Å². The molecule has 1 aliphatic carbocycles. The molecule has 2 atom stereocenters. The van der Waals surface area contributed by atoms with Gasteiger partial charge in [0.2, 0.25) is 0 Å². The molecule has 1 heterocycles. The highest BCUT2D eigenvalue weighted by atomic mass is 32.2. The van der Waals surface area contributed by atoms with Crippen molar-refractivity contribution in [2.45, 2.75) is 55.4 Å². The maximum atomic E-state index is 6.15. The predicted molar refractivity (Wildman–Crippen MR) is 79.2 cm³/mol. The normalized spacial score (nSPS) is 35.8.